The van der Waals surface area contributed by atoms with Crippen molar-refractivity contribution in [3.05, 3.63) is 48.0 Å². The molecular weight excluding hydrogens is 474 g/mol. The Morgan fingerprint density at radius 2 is 1.73 bits per heavy atom. The SMILES string of the molecule is COc1ccc(-c2ccc3c(c2)C(=O)N2CCN(C(=O)CC4(CC(=O)[O-])CCCC4)C[C@H]2C(=O)N3)cc1. The summed E-state index contributed by atoms with van der Waals surface area (Å²) in [6.07, 6.45) is 3.14. The lowest BCUT2D eigenvalue weighted by molar-refractivity contribution is -0.308. The Bertz CT molecular complexity index is 1230. The fourth-order valence-corrected chi connectivity index (χ4v) is 5.92. The van der Waals surface area contributed by atoms with E-state index >= 15 is 0 Å². The highest BCUT2D eigenvalue weighted by Gasteiger charge is 2.43. The van der Waals surface area contributed by atoms with Crippen LogP contribution in [0.15, 0.2) is 42.5 Å². The van der Waals surface area contributed by atoms with Crippen LogP contribution in [0.1, 0.15) is 48.9 Å². The number of aliphatic carboxylic acids is 1. The number of nitrogens with one attached hydrogen (secondary N) is 1. The van der Waals surface area contributed by atoms with Crippen LogP contribution < -0.4 is 15.2 Å². The van der Waals surface area contributed by atoms with Crippen LogP contribution >= 0.6 is 0 Å². The van der Waals surface area contributed by atoms with Crippen molar-refractivity contribution in [2.24, 2.45) is 5.41 Å². The van der Waals surface area contributed by atoms with Gasteiger partial charge in [0.05, 0.1) is 24.9 Å². The molecule has 1 N–H and O–H groups in total. The minimum absolute atomic E-state index is 0.0805. The Morgan fingerprint density at radius 1 is 1.03 bits per heavy atom. The summed E-state index contributed by atoms with van der Waals surface area (Å²) in [6.45, 7) is 0.600. The summed E-state index contributed by atoms with van der Waals surface area (Å²) < 4.78 is 5.22. The van der Waals surface area contributed by atoms with Crippen LogP contribution in [0, 0.1) is 5.41 Å². The fraction of sp³-hybridized carbons (Fsp3) is 0.429. The van der Waals surface area contributed by atoms with Crippen molar-refractivity contribution in [3.63, 3.8) is 0 Å². The summed E-state index contributed by atoms with van der Waals surface area (Å²) in [6, 6.07) is 12.1. The quantitative estimate of drug-likeness (QED) is 0.643. The number of carbonyl (C=O) groups is 4. The normalized spacial score (nSPS) is 20.5. The average molecular weight is 505 g/mol. The second kappa shape index (κ2) is 9.88. The second-order valence-electron chi connectivity index (χ2n) is 10.3. The van der Waals surface area contributed by atoms with E-state index in [1.165, 1.54) is 4.90 Å². The Hall–Kier alpha value is -3.88. The number of hydrogen-bond donors (Lipinski definition) is 1. The van der Waals surface area contributed by atoms with E-state index in [4.69, 9.17) is 4.74 Å². The summed E-state index contributed by atoms with van der Waals surface area (Å²) in [5, 5.41) is 14.2. The Morgan fingerprint density at radius 3 is 2.41 bits per heavy atom. The molecule has 5 rings (SSSR count). The number of anilines is 1. The summed E-state index contributed by atoms with van der Waals surface area (Å²) in [5.41, 5.74) is 2.02. The van der Waals surface area contributed by atoms with Gasteiger partial charge in [0.15, 0.2) is 0 Å². The molecule has 37 heavy (non-hydrogen) atoms. The lowest BCUT2D eigenvalue weighted by atomic mass is 9.79. The number of fused-ring (bicyclic) bond motifs is 2. The summed E-state index contributed by atoms with van der Waals surface area (Å²) >= 11 is 0. The zero-order chi connectivity index (χ0) is 26.2. The molecular formula is C28H30N3O6-. The van der Waals surface area contributed by atoms with E-state index in [9.17, 15) is 24.3 Å². The minimum Gasteiger partial charge on any atom is -0.550 e. The van der Waals surface area contributed by atoms with Gasteiger partial charge in [-0.2, -0.15) is 0 Å². The van der Waals surface area contributed by atoms with Crippen LogP contribution in [0.2, 0.25) is 0 Å². The molecule has 1 saturated heterocycles. The van der Waals surface area contributed by atoms with Gasteiger partial charge in [0.2, 0.25) is 11.8 Å². The number of carboxylic acids is 1. The molecule has 2 heterocycles. The third-order valence-electron chi connectivity index (χ3n) is 7.94. The topological polar surface area (TPSA) is 119 Å². The Balaban J connectivity index is 1.34. The van der Waals surface area contributed by atoms with E-state index in [1.54, 1.807) is 24.1 Å². The van der Waals surface area contributed by atoms with Gasteiger partial charge in [-0.1, -0.05) is 31.0 Å². The number of ether oxygens (including phenoxy) is 1. The maximum atomic E-state index is 13.6. The monoisotopic (exact) mass is 504 g/mol. The molecule has 9 nitrogen and oxygen atoms in total. The third kappa shape index (κ3) is 4.90. The van der Waals surface area contributed by atoms with Gasteiger partial charge in [0.1, 0.15) is 11.8 Å². The number of carbonyl (C=O) groups excluding carboxylic acids is 4. The number of piperazine rings is 1. The first-order chi connectivity index (χ1) is 17.8. The summed E-state index contributed by atoms with van der Waals surface area (Å²) in [4.78, 5) is 54.4. The Labute approximate surface area is 215 Å². The molecule has 2 aromatic carbocycles. The highest BCUT2D eigenvalue weighted by Crippen LogP contribution is 2.44. The molecule has 1 saturated carbocycles. The highest BCUT2D eigenvalue weighted by molar-refractivity contribution is 6.10. The summed E-state index contributed by atoms with van der Waals surface area (Å²) in [5.74, 6) is -1.18. The maximum Gasteiger partial charge on any atom is 0.256 e. The molecule has 0 spiro atoms. The number of nitrogens with zero attached hydrogens (tertiary/aromatic N) is 2. The molecule has 3 amide bonds. The predicted molar refractivity (Wildman–Crippen MR) is 134 cm³/mol. The molecule has 1 aliphatic carbocycles. The van der Waals surface area contributed by atoms with Gasteiger partial charge in [-0.25, -0.2) is 0 Å². The molecule has 2 aromatic rings. The van der Waals surface area contributed by atoms with E-state index in [0.717, 1.165) is 29.7 Å². The first-order valence-electron chi connectivity index (χ1n) is 12.7. The average Bonchev–Trinajstić information content (AvgIpc) is 3.31. The lowest BCUT2D eigenvalue weighted by Gasteiger charge is -2.40. The van der Waals surface area contributed by atoms with Crippen LogP contribution in [0.4, 0.5) is 5.69 Å². The van der Waals surface area contributed by atoms with Gasteiger partial charge in [0, 0.05) is 25.5 Å². The molecule has 0 aromatic heterocycles. The molecule has 2 aliphatic heterocycles. The molecule has 2 fully saturated rings. The van der Waals surface area contributed by atoms with Crippen molar-refractivity contribution in [3.8, 4) is 16.9 Å². The van der Waals surface area contributed by atoms with Crippen molar-refractivity contribution in [1.82, 2.24) is 9.80 Å². The fourth-order valence-electron chi connectivity index (χ4n) is 5.92. The molecule has 1 atom stereocenters. The lowest BCUT2D eigenvalue weighted by Crippen LogP contribution is -2.59. The van der Waals surface area contributed by atoms with Crippen molar-refractivity contribution in [1.29, 1.82) is 0 Å². The van der Waals surface area contributed by atoms with Crippen LogP contribution in [-0.2, 0) is 14.4 Å². The predicted octanol–water partition coefficient (Wildman–Crippen LogP) is 2.06. The molecule has 3 aliphatic rings. The Kier molecular flexibility index (Phi) is 6.62. The van der Waals surface area contributed by atoms with E-state index in [0.29, 0.717) is 30.6 Å². The number of benzene rings is 2. The van der Waals surface area contributed by atoms with Crippen LogP contribution in [0.25, 0.3) is 11.1 Å². The minimum atomic E-state index is -1.14. The standard InChI is InChI=1S/C28H31N3O6/c1-37-20-7-4-18(5-8-20)19-6-9-22-21(14-19)27(36)31-13-12-30(17-23(31)26(35)29-22)24(32)15-28(16-25(33)34)10-2-3-11-28/h4-9,14,23H,2-3,10-13,15-17H2,1H3,(H,29,35)(H,33,34)/p-1/t23-/m0/s1. The van der Waals surface area contributed by atoms with Crippen LogP contribution in [-0.4, -0.2) is 66.3 Å². The van der Waals surface area contributed by atoms with Crippen LogP contribution in [0.3, 0.4) is 0 Å². The van der Waals surface area contributed by atoms with Gasteiger partial charge >= 0.3 is 0 Å². The number of methoxy groups -OCH3 is 1. The molecule has 0 bridgehead atoms. The largest absolute Gasteiger partial charge is 0.550 e. The zero-order valence-corrected chi connectivity index (χ0v) is 20.8. The highest BCUT2D eigenvalue weighted by atomic mass is 16.5. The smallest absolute Gasteiger partial charge is 0.256 e. The van der Waals surface area contributed by atoms with E-state index < -0.39 is 17.4 Å². The second-order valence-corrected chi connectivity index (χ2v) is 10.3. The first kappa shape index (κ1) is 24.8. The first-order valence-corrected chi connectivity index (χ1v) is 12.7. The van der Waals surface area contributed by atoms with Crippen molar-refractivity contribution in [2.45, 2.75) is 44.6 Å². The number of hydrogen-bond acceptors (Lipinski definition) is 6. The number of rotatable bonds is 6. The van der Waals surface area contributed by atoms with Gasteiger partial charge in [-0.3, -0.25) is 14.4 Å². The van der Waals surface area contributed by atoms with Crippen molar-refractivity contribution in [2.75, 3.05) is 32.1 Å². The molecule has 194 valence electrons. The van der Waals surface area contributed by atoms with Gasteiger partial charge in [-0.15, -0.1) is 0 Å². The van der Waals surface area contributed by atoms with Crippen molar-refractivity contribution >= 4 is 29.4 Å². The number of amides is 3. The van der Waals surface area contributed by atoms with E-state index in [-0.39, 0.29) is 43.7 Å². The molecule has 0 unspecified atom stereocenters. The van der Waals surface area contributed by atoms with Crippen molar-refractivity contribution < 1.29 is 29.0 Å². The third-order valence-corrected chi connectivity index (χ3v) is 7.94. The van der Waals surface area contributed by atoms with Gasteiger partial charge in [0.25, 0.3) is 5.91 Å². The van der Waals surface area contributed by atoms with E-state index in [2.05, 4.69) is 5.32 Å². The zero-order valence-electron chi connectivity index (χ0n) is 20.8. The van der Waals surface area contributed by atoms with Crippen LogP contribution in [0.5, 0.6) is 5.75 Å². The molecule has 0 radical (unpaired) electrons. The molecule has 9 heteroatoms. The van der Waals surface area contributed by atoms with E-state index in [1.807, 2.05) is 30.3 Å². The summed E-state index contributed by atoms with van der Waals surface area (Å²) in [7, 11) is 1.60. The van der Waals surface area contributed by atoms with Gasteiger partial charge < -0.3 is 29.8 Å². The van der Waals surface area contributed by atoms with Gasteiger partial charge in [-0.05, 0) is 60.1 Å². The maximum absolute atomic E-state index is 13.6. The number of carboxylic acid groups (broad SMARTS) is 1.